The Morgan fingerprint density at radius 1 is 1.10 bits per heavy atom. The summed E-state index contributed by atoms with van der Waals surface area (Å²) in [5.74, 6) is 0.814. The number of carbonyl (C=O) groups is 3. The van der Waals surface area contributed by atoms with E-state index >= 15 is 0 Å². The van der Waals surface area contributed by atoms with E-state index in [-0.39, 0.29) is 47.5 Å². The molecule has 0 radical (unpaired) electrons. The first-order valence-electron chi connectivity index (χ1n) is 11.2. The molecule has 30 heavy (non-hydrogen) atoms. The monoisotopic (exact) mass is 421 g/mol. The molecule has 8 nitrogen and oxygen atoms in total. The number of amides is 3. The van der Waals surface area contributed by atoms with Gasteiger partial charge in [0.15, 0.2) is 0 Å². The van der Waals surface area contributed by atoms with Gasteiger partial charge in [0, 0.05) is 20.1 Å². The summed E-state index contributed by atoms with van der Waals surface area (Å²) < 4.78 is 11.4. The van der Waals surface area contributed by atoms with Gasteiger partial charge in [-0.25, -0.2) is 9.59 Å². The zero-order valence-electron chi connectivity index (χ0n) is 18.6. The highest BCUT2D eigenvalue weighted by Gasteiger charge is 2.59. The Hall–Kier alpha value is -1.99. The molecule has 0 aromatic heterocycles. The number of hydrogen-bond acceptors (Lipinski definition) is 5. The second-order valence-electron chi connectivity index (χ2n) is 10.9. The molecule has 2 N–H and O–H groups in total. The number of likely N-dealkylation sites (N-methyl/N-ethyl adjacent to an activating group) is 1. The van der Waals surface area contributed by atoms with Gasteiger partial charge in [0.1, 0.15) is 11.7 Å². The van der Waals surface area contributed by atoms with E-state index in [1.54, 1.807) is 16.8 Å². The predicted octanol–water partition coefficient (Wildman–Crippen LogP) is 2.74. The number of primary amides is 1. The zero-order chi connectivity index (χ0) is 21.8. The molecule has 1 saturated heterocycles. The topological polar surface area (TPSA) is 102 Å². The Bertz CT molecular complexity index is 717. The van der Waals surface area contributed by atoms with Crippen molar-refractivity contribution in [2.24, 2.45) is 28.9 Å². The predicted molar refractivity (Wildman–Crippen MR) is 109 cm³/mol. The van der Waals surface area contributed by atoms with E-state index in [9.17, 15) is 14.4 Å². The van der Waals surface area contributed by atoms with Gasteiger partial charge in [-0.1, -0.05) is 0 Å². The van der Waals surface area contributed by atoms with Gasteiger partial charge in [-0.2, -0.15) is 0 Å². The van der Waals surface area contributed by atoms with Gasteiger partial charge < -0.3 is 25.0 Å². The third kappa shape index (κ3) is 3.85. The van der Waals surface area contributed by atoms with E-state index in [4.69, 9.17) is 15.2 Å². The minimum atomic E-state index is -0.551. The van der Waals surface area contributed by atoms with E-state index in [2.05, 4.69) is 0 Å². The summed E-state index contributed by atoms with van der Waals surface area (Å²) in [4.78, 5) is 40.6. The second-order valence-corrected chi connectivity index (χ2v) is 10.9. The molecule has 0 spiro atoms. The van der Waals surface area contributed by atoms with Crippen LogP contribution in [0.2, 0.25) is 0 Å². The molecule has 1 heterocycles. The van der Waals surface area contributed by atoms with Gasteiger partial charge in [-0.15, -0.1) is 0 Å². The fourth-order valence-electron chi connectivity index (χ4n) is 6.37. The molecule has 0 aromatic carbocycles. The summed E-state index contributed by atoms with van der Waals surface area (Å²) in [6.07, 6.45) is 4.34. The van der Waals surface area contributed by atoms with Crippen LogP contribution in [-0.4, -0.2) is 65.8 Å². The van der Waals surface area contributed by atoms with Gasteiger partial charge in [-0.3, -0.25) is 4.79 Å². The number of likely N-dealkylation sites (tertiary alicyclic amines) is 1. The minimum absolute atomic E-state index is 0.0796. The van der Waals surface area contributed by atoms with Crippen LogP contribution in [0, 0.1) is 23.2 Å². The normalized spacial score (nSPS) is 37.2. The summed E-state index contributed by atoms with van der Waals surface area (Å²) >= 11 is 0. The summed E-state index contributed by atoms with van der Waals surface area (Å²) in [5.41, 5.74) is 4.81. The van der Waals surface area contributed by atoms with E-state index in [1.165, 1.54) is 0 Å². The van der Waals surface area contributed by atoms with Crippen LogP contribution in [0.4, 0.5) is 9.59 Å². The summed E-state index contributed by atoms with van der Waals surface area (Å²) in [5, 5.41) is 0. The average molecular weight is 422 g/mol. The first kappa shape index (κ1) is 21.2. The van der Waals surface area contributed by atoms with Crippen LogP contribution in [0.1, 0.15) is 59.3 Å². The van der Waals surface area contributed by atoms with Crippen molar-refractivity contribution in [3.63, 3.8) is 0 Å². The molecular weight excluding hydrogens is 386 g/mol. The molecule has 5 aliphatic rings. The lowest BCUT2D eigenvalue weighted by atomic mass is 9.48. The molecule has 4 aliphatic carbocycles. The number of nitrogens with two attached hydrogens (primary N) is 1. The highest BCUT2D eigenvalue weighted by Crippen LogP contribution is 2.60. The van der Waals surface area contributed by atoms with Crippen LogP contribution in [0.5, 0.6) is 0 Å². The minimum Gasteiger partial charge on any atom is -0.446 e. The smallest absolute Gasteiger partial charge is 0.410 e. The largest absolute Gasteiger partial charge is 0.446 e. The van der Waals surface area contributed by atoms with Crippen molar-refractivity contribution in [1.29, 1.82) is 0 Å². The highest BCUT2D eigenvalue weighted by atomic mass is 16.6. The van der Waals surface area contributed by atoms with Crippen molar-refractivity contribution in [2.45, 2.75) is 77.0 Å². The molecule has 5 rings (SSSR count). The summed E-state index contributed by atoms with van der Waals surface area (Å²) in [6, 6.07) is -0.0796. The zero-order valence-corrected chi connectivity index (χ0v) is 18.6. The number of nitrogens with zero attached hydrogens (tertiary/aromatic N) is 2. The number of rotatable bonds is 3. The van der Waals surface area contributed by atoms with E-state index < -0.39 is 5.60 Å². The van der Waals surface area contributed by atoms with Gasteiger partial charge in [0.2, 0.25) is 5.91 Å². The Balaban J connectivity index is 1.33. The van der Waals surface area contributed by atoms with Crippen LogP contribution in [-0.2, 0) is 14.3 Å². The molecule has 0 aromatic rings. The highest BCUT2D eigenvalue weighted by molar-refractivity contribution is 5.81. The standard InChI is InChI=1S/C22H35N3O5/c1-21(2,3)30-19(27)24(4)16-5-6-25(12-16)20(28)29-17-14-7-13-8-15(17)11-22(9-13,10-14)18(23)26/h13-17H,5-12H2,1-4H3,(H2,23,26)/t13?,14-,15?,16+,17?,22?/m0/s1. The maximum absolute atomic E-state index is 12.9. The lowest BCUT2D eigenvalue weighted by molar-refractivity contribution is -0.161. The van der Waals surface area contributed by atoms with Crippen molar-refractivity contribution in [2.75, 3.05) is 20.1 Å². The maximum Gasteiger partial charge on any atom is 0.410 e. The van der Waals surface area contributed by atoms with Crippen LogP contribution >= 0.6 is 0 Å². The number of hydrogen-bond donors (Lipinski definition) is 1. The van der Waals surface area contributed by atoms with Gasteiger partial charge in [0.25, 0.3) is 0 Å². The molecule has 4 bridgehead atoms. The third-order valence-electron chi connectivity index (χ3n) is 7.60. The Morgan fingerprint density at radius 3 is 2.30 bits per heavy atom. The van der Waals surface area contributed by atoms with E-state index in [0.29, 0.717) is 25.4 Å². The molecule has 4 saturated carbocycles. The number of carbonyl (C=O) groups excluding carboxylic acids is 3. The van der Waals surface area contributed by atoms with Crippen LogP contribution in [0.25, 0.3) is 0 Å². The van der Waals surface area contributed by atoms with Crippen molar-refractivity contribution >= 4 is 18.1 Å². The third-order valence-corrected chi connectivity index (χ3v) is 7.60. The Kier molecular flexibility index (Phi) is 5.18. The quantitative estimate of drug-likeness (QED) is 0.755. The van der Waals surface area contributed by atoms with Gasteiger partial charge >= 0.3 is 12.2 Å². The molecule has 4 unspecified atom stereocenters. The van der Waals surface area contributed by atoms with Gasteiger partial charge in [0.05, 0.1) is 11.5 Å². The Labute approximate surface area is 178 Å². The van der Waals surface area contributed by atoms with Crippen molar-refractivity contribution in [3.05, 3.63) is 0 Å². The molecule has 3 amide bonds. The molecule has 5 fully saturated rings. The van der Waals surface area contributed by atoms with Crippen molar-refractivity contribution < 1.29 is 23.9 Å². The van der Waals surface area contributed by atoms with E-state index in [1.807, 2.05) is 20.8 Å². The Morgan fingerprint density at radius 2 is 1.73 bits per heavy atom. The summed E-state index contributed by atoms with van der Waals surface area (Å²) in [6.45, 7) is 6.52. The lowest BCUT2D eigenvalue weighted by Crippen LogP contribution is -2.59. The molecular formula is C22H35N3O5. The fourth-order valence-corrected chi connectivity index (χ4v) is 6.37. The first-order valence-corrected chi connectivity index (χ1v) is 11.2. The average Bonchev–Trinajstić information content (AvgIpc) is 3.12. The maximum atomic E-state index is 12.9. The lowest BCUT2D eigenvalue weighted by Gasteiger charge is -2.58. The van der Waals surface area contributed by atoms with Crippen molar-refractivity contribution in [3.8, 4) is 0 Å². The van der Waals surface area contributed by atoms with Crippen LogP contribution in [0.3, 0.4) is 0 Å². The molecule has 6 atom stereocenters. The van der Waals surface area contributed by atoms with Gasteiger partial charge in [-0.05, 0) is 77.0 Å². The SMILES string of the molecule is CN(C(=O)OC(C)(C)C)[C@@H]1CCN(C(=O)OC2C3CC4C[C@H]2CC(C(N)=O)(C4)C3)C1. The van der Waals surface area contributed by atoms with E-state index in [0.717, 1.165) is 32.1 Å². The fraction of sp³-hybridized carbons (Fsp3) is 0.864. The molecule has 168 valence electrons. The second kappa shape index (κ2) is 7.31. The first-order chi connectivity index (χ1) is 14.0. The molecule has 1 aliphatic heterocycles. The molecule has 8 heteroatoms. The van der Waals surface area contributed by atoms with Crippen LogP contribution in [0.15, 0.2) is 0 Å². The van der Waals surface area contributed by atoms with Crippen molar-refractivity contribution in [1.82, 2.24) is 9.80 Å². The summed E-state index contributed by atoms with van der Waals surface area (Å²) in [7, 11) is 1.72. The number of ether oxygens (including phenoxy) is 2. The van der Waals surface area contributed by atoms with Crippen LogP contribution < -0.4 is 5.73 Å².